The van der Waals surface area contributed by atoms with E-state index in [2.05, 4.69) is 5.32 Å². The maximum Gasteiger partial charge on any atom is 0.239 e. The van der Waals surface area contributed by atoms with E-state index in [1.54, 1.807) is 4.90 Å². The molecule has 17 heavy (non-hydrogen) atoms. The number of hydrogen-bond donors (Lipinski definition) is 2. The summed E-state index contributed by atoms with van der Waals surface area (Å²) in [6.45, 7) is 4.00. The molecular weight excluding hydrogens is 240 g/mol. The average molecular weight is 258 g/mol. The van der Waals surface area contributed by atoms with Gasteiger partial charge in [0.05, 0.1) is 17.7 Å². The van der Waals surface area contributed by atoms with Gasteiger partial charge in [0.1, 0.15) is 6.54 Å². The third-order valence-electron chi connectivity index (χ3n) is 3.71. The van der Waals surface area contributed by atoms with Crippen molar-refractivity contribution in [1.29, 1.82) is 0 Å². The minimum atomic E-state index is -0.350. The van der Waals surface area contributed by atoms with E-state index in [0.29, 0.717) is 18.1 Å². The van der Waals surface area contributed by atoms with Crippen LogP contribution in [0, 0.1) is 5.41 Å². The van der Waals surface area contributed by atoms with Crippen LogP contribution in [0.4, 0.5) is 0 Å². The summed E-state index contributed by atoms with van der Waals surface area (Å²) >= 11 is 1.53. The molecule has 2 rings (SSSR count). The van der Waals surface area contributed by atoms with Crippen LogP contribution < -0.4 is 5.32 Å². The average Bonchev–Trinajstić information content (AvgIpc) is 2.64. The normalized spacial score (nSPS) is 31.2. The third-order valence-corrected chi connectivity index (χ3v) is 4.66. The summed E-state index contributed by atoms with van der Waals surface area (Å²) in [5, 5.41) is 12.4. The fraction of sp³-hybridized carbons (Fsp3) is 0.818. The molecule has 1 aliphatic heterocycles. The van der Waals surface area contributed by atoms with Crippen LogP contribution in [0.1, 0.15) is 20.3 Å². The summed E-state index contributed by atoms with van der Waals surface area (Å²) < 4.78 is 0. The molecule has 2 atom stereocenters. The van der Waals surface area contributed by atoms with E-state index in [4.69, 9.17) is 0 Å². The molecule has 1 aliphatic carbocycles. The Labute approximate surface area is 105 Å². The Morgan fingerprint density at radius 1 is 1.65 bits per heavy atom. The van der Waals surface area contributed by atoms with Gasteiger partial charge in [-0.1, -0.05) is 13.8 Å². The van der Waals surface area contributed by atoms with Gasteiger partial charge in [0, 0.05) is 11.5 Å². The summed E-state index contributed by atoms with van der Waals surface area (Å²) in [6.07, 6.45) is 0.248. The molecule has 1 saturated carbocycles. The maximum absolute atomic E-state index is 11.7. The molecule has 2 N–H and O–H groups in total. The second-order valence-electron chi connectivity index (χ2n) is 5.26. The van der Waals surface area contributed by atoms with Crippen molar-refractivity contribution in [3.05, 3.63) is 0 Å². The SMILES string of the molecule is CC1(C)C(O)CC1NC(=O)CN1CSCC1=O. The number of thioether (sulfide) groups is 1. The van der Waals surface area contributed by atoms with Gasteiger partial charge in [0.2, 0.25) is 11.8 Å². The van der Waals surface area contributed by atoms with Crippen molar-refractivity contribution in [1.82, 2.24) is 10.2 Å². The summed E-state index contributed by atoms with van der Waals surface area (Å²) in [5.74, 6) is 0.966. The molecule has 0 aromatic heterocycles. The highest BCUT2D eigenvalue weighted by atomic mass is 32.2. The standard InChI is InChI=1S/C11H18N2O3S/c1-11(2)7(3-8(11)14)12-9(15)4-13-6-17-5-10(13)16/h7-8,14H,3-6H2,1-2H3,(H,12,15). The van der Waals surface area contributed by atoms with Gasteiger partial charge in [-0.2, -0.15) is 0 Å². The van der Waals surface area contributed by atoms with Gasteiger partial charge in [-0.05, 0) is 6.42 Å². The van der Waals surface area contributed by atoms with Crippen molar-refractivity contribution in [2.75, 3.05) is 18.2 Å². The Balaban J connectivity index is 1.80. The van der Waals surface area contributed by atoms with Crippen molar-refractivity contribution < 1.29 is 14.7 Å². The second kappa shape index (κ2) is 4.49. The first kappa shape index (κ1) is 12.7. The molecule has 96 valence electrons. The lowest BCUT2D eigenvalue weighted by atomic mass is 9.64. The number of nitrogens with zero attached hydrogens (tertiary/aromatic N) is 1. The molecule has 0 bridgehead atoms. The maximum atomic E-state index is 11.7. The van der Waals surface area contributed by atoms with Crippen LogP contribution in [-0.4, -0.2) is 52.1 Å². The molecule has 1 saturated heterocycles. The van der Waals surface area contributed by atoms with E-state index in [-0.39, 0.29) is 35.9 Å². The Morgan fingerprint density at radius 3 is 2.82 bits per heavy atom. The summed E-state index contributed by atoms with van der Waals surface area (Å²) in [5.41, 5.74) is -0.264. The number of hydrogen-bond acceptors (Lipinski definition) is 4. The number of aliphatic hydroxyl groups is 1. The number of nitrogens with one attached hydrogen (secondary N) is 1. The minimum Gasteiger partial charge on any atom is -0.392 e. The van der Waals surface area contributed by atoms with E-state index < -0.39 is 0 Å². The van der Waals surface area contributed by atoms with Gasteiger partial charge in [-0.3, -0.25) is 9.59 Å². The predicted octanol–water partition coefficient (Wildman–Crippen LogP) is -0.205. The van der Waals surface area contributed by atoms with Crippen LogP contribution in [0.15, 0.2) is 0 Å². The molecule has 5 nitrogen and oxygen atoms in total. The molecule has 6 heteroatoms. The fourth-order valence-corrected chi connectivity index (χ4v) is 3.01. The van der Waals surface area contributed by atoms with Gasteiger partial charge < -0.3 is 15.3 Å². The molecule has 0 spiro atoms. The molecule has 2 amide bonds. The largest absolute Gasteiger partial charge is 0.392 e. The smallest absolute Gasteiger partial charge is 0.239 e. The third kappa shape index (κ3) is 2.42. The number of amides is 2. The molecule has 0 aromatic rings. The van der Waals surface area contributed by atoms with Gasteiger partial charge in [0.15, 0.2) is 0 Å². The summed E-state index contributed by atoms with van der Waals surface area (Å²) in [6, 6.07) is 0.00959. The number of rotatable bonds is 3. The predicted molar refractivity (Wildman–Crippen MR) is 65.4 cm³/mol. The van der Waals surface area contributed by atoms with E-state index in [1.165, 1.54) is 11.8 Å². The van der Waals surface area contributed by atoms with Crippen molar-refractivity contribution in [2.24, 2.45) is 5.41 Å². The van der Waals surface area contributed by atoms with E-state index in [0.717, 1.165) is 0 Å². The second-order valence-corrected chi connectivity index (χ2v) is 6.22. The van der Waals surface area contributed by atoms with Gasteiger partial charge in [0.25, 0.3) is 0 Å². The molecule has 0 aromatic carbocycles. The van der Waals surface area contributed by atoms with Crippen LogP contribution >= 0.6 is 11.8 Å². The molecule has 0 radical (unpaired) electrons. The fourth-order valence-electron chi connectivity index (χ4n) is 2.10. The Kier molecular flexibility index (Phi) is 3.36. The molecular formula is C11H18N2O3S. The highest BCUT2D eigenvalue weighted by molar-refractivity contribution is 8.00. The van der Waals surface area contributed by atoms with Crippen molar-refractivity contribution in [3.8, 4) is 0 Å². The number of carbonyl (C=O) groups is 2. The Hall–Kier alpha value is -0.750. The van der Waals surface area contributed by atoms with Crippen LogP contribution in [0.3, 0.4) is 0 Å². The summed E-state index contributed by atoms with van der Waals surface area (Å²) in [7, 11) is 0. The van der Waals surface area contributed by atoms with Crippen LogP contribution in [0.5, 0.6) is 0 Å². The number of carbonyl (C=O) groups excluding carboxylic acids is 2. The van der Waals surface area contributed by atoms with Crippen molar-refractivity contribution >= 4 is 23.6 Å². The zero-order chi connectivity index (χ0) is 12.6. The highest BCUT2D eigenvalue weighted by Crippen LogP contribution is 2.40. The summed E-state index contributed by atoms with van der Waals surface area (Å²) in [4.78, 5) is 24.6. The Bertz CT molecular complexity index is 346. The first-order valence-electron chi connectivity index (χ1n) is 5.74. The molecule has 1 heterocycles. The highest BCUT2D eigenvalue weighted by Gasteiger charge is 2.48. The Morgan fingerprint density at radius 2 is 2.35 bits per heavy atom. The zero-order valence-corrected chi connectivity index (χ0v) is 10.9. The lowest BCUT2D eigenvalue weighted by Crippen LogP contribution is -2.62. The first-order chi connectivity index (χ1) is 7.91. The van der Waals surface area contributed by atoms with Crippen molar-refractivity contribution in [3.63, 3.8) is 0 Å². The lowest BCUT2D eigenvalue weighted by Gasteiger charge is -2.49. The van der Waals surface area contributed by atoms with Gasteiger partial charge in [-0.15, -0.1) is 11.8 Å². The topological polar surface area (TPSA) is 69.6 Å². The monoisotopic (exact) mass is 258 g/mol. The zero-order valence-electron chi connectivity index (χ0n) is 10.1. The van der Waals surface area contributed by atoms with Crippen LogP contribution in [-0.2, 0) is 9.59 Å². The van der Waals surface area contributed by atoms with Gasteiger partial charge >= 0.3 is 0 Å². The van der Waals surface area contributed by atoms with Crippen molar-refractivity contribution in [2.45, 2.75) is 32.4 Å². The van der Waals surface area contributed by atoms with E-state index in [9.17, 15) is 14.7 Å². The van der Waals surface area contributed by atoms with Crippen LogP contribution in [0.2, 0.25) is 0 Å². The molecule has 2 fully saturated rings. The number of aliphatic hydroxyl groups excluding tert-OH is 1. The quantitative estimate of drug-likeness (QED) is 0.735. The molecule has 2 aliphatic rings. The molecule has 2 unspecified atom stereocenters. The lowest BCUT2D eigenvalue weighted by molar-refractivity contribution is -0.136. The van der Waals surface area contributed by atoms with E-state index >= 15 is 0 Å². The van der Waals surface area contributed by atoms with E-state index in [1.807, 2.05) is 13.8 Å². The van der Waals surface area contributed by atoms with Crippen LogP contribution in [0.25, 0.3) is 0 Å². The van der Waals surface area contributed by atoms with Gasteiger partial charge in [-0.25, -0.2) is 0 Å². The minimum absolute atomic E-state index is 0.00959. The first-order valence-corrected chi connectivity index (χ1v) is 6.89.